The summed E-state index contributed by atoms with van der Waals surface area (Å²) in [5, 5.41) is 0. The molecule has 1 aliphatic rings. The summed E-state index contributed by atoms with van der Waals surface area (Å²) in [6, 6.07) is 0. The minimum absolute atomic E-state index is 0.0312. The molecule has 0 saturated carbocycles. The van der Waals surface area contributed by atoms with Gasteiger partial charge in [-0.3, -0.25) is 4.79 Å². The number of allylic oxidation sites excluding steroid dienone is 2. The molecule has 70 valence electrons. The van der Waals surface area contributed by atoms with Gasteiger partial charge in [-0.2, -0.15) is 4.79 Å². The first-order valence-corrected chi connectivity index (χ1v) is 4.54. The molecular formula is C10H14N2O. The van der Waals surface area contributed by atoms with Gasteiger partial charge in [-0.1, -0.05) is 19.1 Å². The van der Waals surface area contributed by atoms with E-state index >= 15 is 0 Å². The van der Waals surface area contributed by atoms with Crippen LogP contribution in [0.3, 0.4) is 0 Å². The molecule has 0 bridgehead atoms. The zero-order valence-electron chi connectivity index (χ0n) is 7.86. The van der Waals surface area contributed by atoms with Crippen LogP contribution in [0.25, 0.3) is 5.53 Å². The quantitative estimate of drug-likeness (QED) is 0.282. The van der Waals surface area contributed by atoms with Crippen LogP contribution in [-0.4, -0.2) is 16.8 Å². The highest BCUT2D eigenvalue weighted by Gasteiger charge is 2.26. The minimum Gasteiger partial charge on any atom is -0.361 e. The van der Waals surface area contributed by atoms with Gasteiger partial charge in [-0.25, -0.2) is 0 Å². The summed E-state index contributed by atoms with van der Waals surface area (Å²) in [7, 11) is 0. The number of carbonyl (C=O) groups is 1. The average molecular weight is 178 g/mol. The largest absolute Gasteiger partial charge is 0.361 e. The smallest absolute Gasteiger partial charge is 0.323 e. The van der Waals surface area contributed by atoms with Crippen molar-refractivity contribution in [3.8, 4) is 0 Å². The number of nitrogens with zero attached hydrogens (tertiary/aromatic N) is 2. The van der Waals surface area contributed by atoms with E-state index in [0.717, 1.165) is 25.5 Å². The van der Waals surface area contributed by atoms with Gasteiger partial charge in [0.15, 0.2) is 0 Å². The zero-order valence-corrected chi connectivity index (χ0v) is 7.86. The molecule has 1 rings (SSSR count). The van der Waals surface area contributed by atoms with E-state index in [2.05, 4.69) is 23.9 Å². The molecule has 0 amide bonds. The highest BCUT2D eigenvalue weighted by atomic mass is 16.1. The van der Waals surface area contributed by atoms with Gasteiger partial charge >= 0.3 is 6.21 Å². The predicted octanol–water partition coefficient (Wildman–Crippen LogP) is 1.99. The first-order valence-electron chi connectivity index (χ1n) is 4.54. The Balaban J connectivity index is 2.60. The lowest BCUT2D eigenvalue weighted by molar-refractivity contribution is -0.117. The fourth-order valence-corrected chi connectivity index (χ4v) is 1.73. The molecule has 1 atom stereocenters. The summed E-state index contributed by atoms with van der Waals surface area (Å²) in [4.78, 5) is 13.9. The molecule has 0 aliphatic heterocycles. The van der Waals surface area contributed by atoms with Gasteiger partial charge in [-0.05, 0) is 24.7 Å². The van der Waals surface area contributed by atoms with Crippen molar-refractivity contribution >= 4 is 12.0 Å². The van der Waals surface area contributed by atoms with Gasteiger partial charge in [0, 0.05) is 6.42 Å². The van der Waals surface area contributed by atoms with Gasteiger partial charge in [0.1, 0.15) is 0 Å². The maximum atomic E-state index is 11.2. The number of hydrogen-bond donors (Lipinski definition) is 0. The van der Waals surface area contributed by atoms with Crippen LogP contribution >= 0.6 is 0 Å². The topological polar surface area (TPSA) is 53.5 Å². The summed E-state index contributed by atoms with van der Waals surface area (Å²) in [6.07, 6.45) is 8.91. The van der Waals surface area contributed by atoms with Gasteiger partial charge in [0.05, 0.1) is 0 Å². The monoisotopic (exact) mass is 178 g/mol. The molecule has 0 aromatic rings. The molecule has 0 aromatic carbocycles. The Hall–Kier alpha value is -1.21. The SMILES string of the molecule is CC1(CC(=O)C=[N+]=[N-])C=CCCC1. The van der Waals surface area contributed by atoms with Crippen molar-refractivity contribution in [3.63, 3.8) is 0 Å². The van der Waals surface area contributed by atoms with Crippen molar-refractivity contribution in [1.82, 2.24) is 0 Å². The van der Waals surface area contributed by atoms with E-state index in [1.165, 1.54) is 0 Å². The van der Waals surface area contributed by atoms with Crippen molar-refractivity contribution in [3.05, 3.63) is 17.7 Å². The summed E-state index contributed by atoms with van der Waals surface area (Å²) in [6.45, 7) is 2.06. The third kappa shape index (κ3) is 2.96. The molecule has 3 heteroatoms. The molecular weight excluding hydrogens is 164 g/mol. The lowest BCUT2D eigenvalue weighted by Crippen LogP contribution is -2.21. The van der Waals surface area contributed by atoms with Gasteiger partial charge in [0.2, 0.25) is 5.78 Å². The molecule has 0 fully saturated rings. The van der Waals surface area contributed by atoms with E-state index in [1.807, 2.05) is 0 Å². The summed E-state index contributed by atoms with van der Waals surface area (Å²) < 4.78 is 0. The number of ketones is 1. The van der Waals surface area contributed by atoms with E-state index in [4.69, 9.17) is 5.53 Å². The second-order valence-corrected chi connectivity index (χ2v) is 3.84. The third-order valence-electron chi connectivity index (χ3n) is 2.42. The lowest BCUT2D eigenvalue weighted by Gasteiger charge is -2.26. The Bertz CT molecular complexity index is 277. The van der Waals surface area contributed by atoms with E-state index in [9.17, 15) is 4.79 Å². The van der Waals surface area contributed by atoms with Crippen molar-refractivity contribution in [2.24, 2.45) is 5.41 Å². The molecule has 1 unspecified atom stereocenters. The third-order valence-corrected chi connectivity index (χ3v) is 2.42. The maximum absolute atomic E-state index is 11.2. The Morgan fingerprint density at radius 1 is 1.77 bits per heavy atom. The molecule has 0 radical (unpaired) electrons. The van der Waals surface area contributed by atoms with Crippen molar-refractivity contribution < 1.29 is 9.58 Å². The van der Waals surface area contributed by atoms with Crippen LogP contribution in [-0.2, 0) is 4.79 Å². The van der Waals surface area contributed by atoms with E-state index in [1.54, 1.807) is 0 Å². The second-order valence-electron chi connectivity index (χ2n) is 3.84. The number of rotatable bonds is 3. The Labute approximate surface area is 78.1 Å². The van der Waals surface area contributed by atoms with E-state index < -0.39 is 0 Å². The first kappa shape index (κ1) is 9.87. The molecule has 1 aliphatic carbocycles. The number of hydrogen-bond acceptors (Lipinski definition) is 1. The number of Topliss-reactive ketones (excluding diaryl/α,β-unsaturated/α-hetero) is 1. The van der Waals surface area contributed by atoms with Crippen LogP contribution in [0.5, 0.6) is 0 Å². The van der Waals surface area contributed by atoms with Crippen molar-refractivity contribution in [2.45, 2.75) is 32.6 Å². The lowest BCUT2D eigenvalue weighted by atomic mass is 9.77. The molecule has 0 N–H and O–H groups in total. The predicted molar refractivity (Wildman–Crippen MR) is 50.4 cm³/mol. The fraction of sp³-hybridized carbons (Fsp3) is 0.600. The van der Waals surface area contributed by atoms with Gasteiger partial charge in [0.25, 0.3) is 0 Å². The molecule has 13 heavy (non-hydrogen) atoms. The Morgan fingerprint density at radius 3 is 3.08 bits per heavy atom. The highest BCUT2D eigenvalue weighted by molar-refractivity contribution is 6.25. The van der Waals surface area contributed by atoms with Crippen LogP contribution < -0.4 is 0 Å². The maximum Gasteiger partial charge on any atom is 0.323 e. The van der Waals surface area contributed by atoms with Gasteiger partial charge in [-0.15, -0.1) is 0 Å². The standard InChI is InChI=1S/C10H14N2O/c1-10(5-3-2-4-6-10)7-9(13)8-12-11/h3,5,8H,2,4,6-7H2,1H3. The number of carbonyl (C=O) groups excluding carboxylic acids is 1. The first-order chi connectivity index (χ1) is 6.16. The summed E-state index contributed by atoms with van der Waals surface area (Å²) in [5.41, 5.74) is 8.15. The van der Waals surface area contributed by atoms with Crippen LogP contribution in [0, 0.1) is 5.41 Å². The molecule has 3 nitrogen and oxygen atoms in total. The van der Waals surface area contributed by atoms with Crippen LogP contribution in [0.2, 0.25) is 0 Å². The normalized spacial score (nSPS) is 26.5. The summed E-state index contributed by atoms with van der Waals surface area (Å²) >= 11 is 0. The van der Waals surface area contributed by atoms with Crippen LogP contribution in [0.15, 0.2) is 12.2 Å². The second kappa shape index (κ2) is 4.15. The van der Waals surface area contributed by atoms with Crippen molar-refractivity contribution in [2.75, 3.05) is 0 Å². The van der Waals surface area contributed by atoms with Crippen molar-refractivity contribution in [1.29, 1.82) is 0 Å². The fourth-order valence-electron chi connectivity index (χ4n) is 1.73. The summed E-state index contributed by atoms with van der Waals surface area (Å²) in [5.74, 6) is -0.114. The molecule has 0 aromatic heterocycles. The van der Waals surface area contributed by atoms with Gasteiger partial charge < -0.3 is 5.53 Å². The minimum atomic E-state index is -0.114. The molecule has 0 saturated heterocycles. The van der Waals surface area contributed by atoms with E-state index in [-0.39, 0.29) is 11.2 Å². The van der Waals surface area contributed by atoms with Crippen LogP contribution in [0.1, 0.15) is 32.6 Å². The van der Waals surface area contributed by atoms with Crippen LogP contribution in [0.4, 0.5) is 0 Å². The average Bonchev–Trinajstić information content (AvgIpc) is 2.04. The zero-order chi connectivity index (χ0) is 9.73. The van der Waals surface area contributed by atoms with E-state index in [0.29, 0.717) is 6.42 Å². The molecule has 0 heterocycles. The Morgan fingerprint density at radius 2 is 2.54 bits per heavy atom. The highest BCUT2D eigenvalue weighted by Crippen LogP contribution is 2.33. The molecule has 0 spiro atoms. The Kier molecular flexibility index (Phi) is 3.15.